The van der Waals surface area contributed by atoms with Gasteiger partial charge in [-0.05, 0) is 32.8 Å². The number of aliphatic hydroxyl groups is 1. The van der Waals surface area contributed by atoms with Gasteiger partial charge in [-0.15, -0.1) is 0 Å². The second kappa shape index (κ2) is 4.42. The number of rotatable bonds is 1. The highest BCUT2D eigenvalue weighted by Crippen LogP contribution is 2.17. The summed E-state index contributed by atoms with van der Waals surface area (Å²) >= 11 is 0. The minimum absolute atomic E-state index is 0.0573. The van der Waals surface area contributed by atoms with Gasteiger partial charge < -0.3 is 10.0 Å². The predicted molar refractivity (Wildman–Crippen MR) is 51.2 cm³/mol. The Hall–Kier alpha value is -0.830. The van der Waals surface area contributed by atoms with E-state index in [4.69, 9.17) is 0 Å². The first-order valence-corrected chi connectivity index (χ1v) is 4.76. The van der Waals surface area contributed by atoms with E-state index in [2.05, 4.69) is 0 Å². The van der Waals surface area contributed by atoms with Gasteiger partial charge in [-0.1, -0.05) is 6.08 Å². The number of hydrogen-bond donors (Lipinski definition) is 1. The second-order valence-corrected chi connectivity index (χ2v) is 3.56. The van der Waals surface area contributed by atoms with E-state index >= 15 is 0 Å². The van der Waals surface area contributed by atoms with Crippen molar-refractivity contribution in [3.63, 3.8) is 0 Å². The number of piperidine rings is 1. The molecule has 0 aromatic heterocycles. The number of aliphatic hydroxyl groups excluding tert-OH is 1. The van der Waals surface area contributed by atoms with E-state index in [0.717, 1.165) is 0 Å². The molecule has 1 rings (SSSR count). The molecule has 13 heavy (non-hydrogen) atoms. The van der Waals surface area contributed by atoms with Crippen LogP contribution in [0, 0.1) is 0 Å². The predicted octanol–water partition coefficient (Wildman–Crippen LogP) is 0.934. The highest BCUT2D eigenvalue weighted by molar-refractivity contribution is 5.87. The molecule has 2 unspecified atom stereocenters. The third-order valence-electron chi connectivity index (χ3n) is 2.44. The van der Waals surface area contributed by atoms with Crippen molar-refractivity contribution in [2.24, 2.45) is 0 Å². The summed E-state index contributed by atoms with van der Waals surface area (Å²) in [6, 6.07) is 0.160. The molecule has 2 atom stereocenters. The minimum Gasteiger partial charge on any atom is -0.393 e. The maximum Gasteiger partial charge on any atom is 0.246 e. The molecular formula is C10H17NO2. The molecule has 1 aliphatic heterocycles. The Morgan fingerprint density at radius 2 is 2.31 bits per heavy atom. The molecule has 1 N–H and O–H groups in total. The van der Waals surface area contributed by atoms with Crippen LogP contribution in [-0.4, -0.2) is 34.6 Å². The van der Waals surface area contributed by atoms with E-state index in [1.165, 1.54) is 0 Å². The third kappa shape index (κ3) is 2.56. The van der Waals surface area contributed by atoms with Gasteiger partial charge in [-0.2, -0.15) is 0 Å². The van der Waals surface area contributed by atoms with E-state index < -0.39 is 0 Å². The lowest BCUT2D eigenvalue weighted by Gasteiger charge is -2.35. The summed E-state index contributed by atoms with van der Waals surface area (Å²) in [4.78, 5) is 13.3. The van der Waals surface area contributed by atoms with Gasteiger partial charge in [0.05, 0.1) is 6.10 Å². The summed E-state index contributed by atoms with van der Waals surface area (Å²) in [5, 5.41) is 9.35. The smallest absolute Gasteiger partial charge is 0.246 e. The standard InChI is InChI=1S/C10H17NO2/c1-3-4-10(13)11-6-5-9(12)7-8(11)2/h3-4,8-9,12H,5-7H2,1-2H3/b4-3+. The quantitative estimate of drug-likeness (QED) is 0.614. The average Bonchev–Trinajstić information content (AvgIpc) is 2.04. The van der Waals surface area contributed by atoms with Crippen LogP contribution in [0.2, 0.25) is 0 Å². The maximum absolute atomic E-state index is 11.5. The van der Waals surface area contributed by atoms with E-state index in [1.54, 1.807) is 12.2 Å². The average molecular weight is 183 g/mol. The summed E-state index contributed by atoms with van der Waals surface area (Å²) in [5.74, 6) is 0.0573. The molecule has 0 aliphatic carbocycles. The van der Waals surface area contributed by atoms with Crippen LogP contribution in [-0.2, 0) is 4.79 Å². The van der Waals surface area contributed by atoms with Gasteiger partial charge in [-0.3, -0.25) is 4.79 Å². The number of amides is 1. The van der Waals surface area contributed by atoms with E-state index in [1.807, 2.05) is 18.7 Å². The van der Waals surface area contributed by atoms with Crippen LogP contribution in [0.5, 0.6) is 0 Å². The summed E-state index contributed by atoms with van der Waals surface area (Å²) in [6.45, 7) is 4.48. The molecule has 1 aliphatic rings. The van der Waals surface area contributed by atoms with E-state index in [9.17, 15) is 9.90 Å². The molecule has 1 saturated heterocycles. The van der Waals surface area contributed by atoms with Crippen molar-refractivity contribution in [3.05, 3.63) is 12.2 Å². The molecular weight excluding hydrogens is 166 g/mol. The Kier molecular flexibility index (Phi) is 3.48. The molecule has 0 saturated carbocycles. The fourth-order valence-corrected chi connectivity index (χ4v) is 1.71. The van der Waals surface area contributed by atoms with E-state index in [-0.39, 0.29) is 18.1 Å². The van der Waals surface area contributed by atoms with Gasteiger partial charge in [0.25, 0.3) is 0 Å². The van der Waals surface area contributed by atoms with Crippen LogP contribution in [0.4, 0.5) is 0 Å². The summed E-state index contributed by atoms with van der Waals surface area (Å²) in [7, 11) is 0. The van der Waals surface area contributed by atoms with Gasteiger partial charge in [0.1, 0.15) is 0 Å². The highest BCUT2D eigenvalue weighted by Gasteiger charge is 2.25. The van der Waals surface area contributed by atoms with E-state index in [0.29, 0.717) is 19.4 Å². The first-order valence-electron chi connectivity index (χ1n) is 4.76. The number of nitrogens with zero attached hydrogens (tertiary/aromatic N) is 1. The first-order chi connectivity index (χ1) is 6.15. The Bertz CT molecular complexity index is 213. The van der Waals surface area contributed by atoms with Crippen molar-refractivity contribution in [1.82, 2.24) is 4.90 Å². The van der Waals surface area contributed by atoms with Crippen molar-refractivity contribution in [3.8, 4) is 0 Å². The van der Waals surface area contributed by atoms with Crippen LogP contribution in [0.15, 0.2) is 12.2 Å². The largest absolute Gasteiger partial charge is 0.393 e. The minimum atomic E-state index is -0.232. The molecule has 3 heteroatoms. The number of likely N-dealkylation sites (tertiary alicyclic amines) is 1. The summed E-state index contributed by atoms with van der Waals surface area (Å²) in [6.07, 6.45) is 4.50. The van der Waals surface area contributed by atoms with Crippen molar-refractivity contribution in [2.45, 2.75) is 38.8 Å². The van der Waals surface area contributed by atoms with Gasteiger partial charge in [-0.25, -0.2) is 0 Å². The number of allylic oxidation sites excluding steroid dienone is 1. The highest BCUT2D eigenvalue weighted by atomic mass is 16.3. The van der Waals surface area contributed by atoms with Gasteiger partial charge in [0.2, 0.25) is 5.91 Å². The molecule has 74 valence electrons. The molecule has 3 nitrogen and oxygen atoms in total. The van der Waals surface area contributed by atoms with Crippen LogP contribution in [0.3, 0.4) is 0 Å². The van der Waals surface area contributed by atoms with Crippen LogP contribution < -0.4 is 0 Å². The SMILES string of the molecule is C/C=C/C(=O)N1CCC(O)CC1C. The number of carbonyl (C=O) groups excluding carboxylic acids is 1. The normalized spacial score (nSPS) is 29.6. The Balaban J connectivity index is 2.55. The Labute approximate surface area is 79.0 Å². The fourth-order valence-electron chi connectivity index (χ4n) is 1.71. The maximum atomic E-state index is 11.5. The topological polar surface area (TPSA) is 40.5 Å². The first kappa shape index (κ1) is 10.3. The Morgan fingerprint density at radius 1 is 1.62 bits per heavy atom. The zero-order valence-electron chi connectivity index (χ0n) is 8.23. The summed E-state index contributed by atoms with van der Waals surface area (Å²) < 4.78 is 0. The van der Waals surface area contributed by atoms with Crippen molar-refractivity contribution in [1.29, 1.82) is 0 Å². The van der Waals surface area contributed by atoms with Crippen molar-refractivity contribution >= 4 is 5.91 Å². The molecule has 1 fully saturated rings. The molecule has 0 aromatic rings. The van der Waals surface area contributed by atoms with Crippen molar-refractivity contribution in [2.75, 3.05) is 6.54 Å². The lowest BCUT2D eigenvalue weighted by molar-refractivity contribution is -0.130. The summed E-state index contributed by atoms with van der Waals surface area (Å²) in [5.41, 5.74) is 0. The van der Waals surface area contributed by atoms with Gasteiger partial charge >= 0.3 is 0 Å². The van der Waals surface area contributed by atoms with Gasteiger partial charge in [0.15, 0.2) is 0 Å². The number of hydrogen-bond acceptors (Lipinski definition) is 2. The Morgan fingerprint density at radius 3 is 2.85 bits per heavy atom. The lowest BCUT2D eigenvalue weighted by atomic mass is 10.0. The zero-order valence-corrected chi connectivity index (χ0v) is 8.23. The lowest BCUT2D eigenvalue weighted by Crippen LogP contribution is -2.45. The molecule has 0 spiro atoms. The second-order valence-electron chi connectivity index (χ2n) is 3.56. The molecule has 0 aromatic carbocycles. The molecule has 1 amide bonds. The van der Waals surface area contributed by atoms with Crippen LogP contribution >= 0.6 is 0 Å². The zero-order chi connectivity index (χ0) is 9.84. The van der Waals surface area contributed by atoms with Crippen LogP contribution in [0.1, 0.15) is 26.7 Å². The molecule has 0 bridgehead atoms. The van der Waals surface area contributed by atoms with Crippen molar-refractivity contribution < 1.29 is 9.90 Å². The van der Waals surface area contributed by atoms with Crippen LogP contribution in [0.25, 0.3) is 0 Å². The number of carbonyl (C=O) groups is 1. The molecule has 1 heterocycles. The monoisotopic (exact) mass is 183 g/mol. The van der Waals surface area contributed by atoms with Gasteiger partial charge in [0, 0.05) is 12.6 Å². The third-order valence-corrected chi connectivity index (χ3v) is 2.44. The fraction of sp³-hybridized carbons (Fsp3) is 0.700. The molecule has 0 radical (unpaired) electrons.